The van der Waals surface area contributed by atoms with E-state index in [-0.39, 0.29) is 23.3 Å². The highest BCUT2D eigenvalue weighted by atomic mass is 32.1. The molecular weight excluding hydrogens is 369 g/mol. The van der Waals surface area contributed by atoms with Crippen molar-refractivity contribution in [1.82, 2.24) is 19.3 Å². The predicted octanol–water partition coefficient (Wildman–Crippen LogP) is 1.97. The molecule has 0 fully saturated rings. The third kappa shape index (κ3) is 3.68. The first-order chi connectivity index (χ1) is 13.0. The van der Waals surface area contributed by atoms with Crippen LogP contribution in [0.1, 0.15) is 22.7 Å². The van der Waals surface area contributed by atoms with Crippen LogP contribution >= 0.6 is 11.3 Å². The summed E-state index contributed by atoms with van der Waals surface area (Å²) in [7, 11) is 1.61. The Labute approximate surface area is 158 Å². The number of hydrogen-bond donors (Lipinski definition) is 1. The van der Waals surface area contributed by atoms with Crippen LogP contribution in [-0.2, 0) is 31.2 Å². The maximum absolute atomic E-state index is 13.3. The van der Waals surface area contributed by atoms with E-state index in [9.17, 15) is 14.0 Å². The molecule has 0 saturated carbocycles. The Morgan fingerprint density at radius 2 is 2.30 bits per heavy atom. The molecule has 3 heterocycles. The number of amides is 1. The molecule has 0 radical (unpaired) electrons. The zero-order chi connectivity index (χ0) is 19.0. The van der Waals surface area contributed by atoms with Gasteiger partial charge in [0.1, 0.15) is 11.6 Å². The lowest BCUT2D eigenvalue weighted by Gasteiger charge is -2.21. The van der Waals surface area contributed by atoms with E-state index in [1.54, 1.807) is 23.9 Å². The standard InChI is InChI=1S/C18H18FN5O2S/c1-23-18(26)24-10-12(5-6-15(24)22-23)16(25)21-17-20-9-14(27-17)8-11-3-2-4-13(19)7-11/h2-4,7,9,12H,5-6,8,10H2,1H3,(H,20,21,25). The van der Waals surface area contributed by atoms with E-state index in [1.807, 2.05) is 6.07 Å². The Morgan fingerprint density at radius 1 is 1.44 bits per heavy atom. The first-order valence-corrected chi connectivity index (χ1v) is 9.44. The lowest BCUT2D eigenvalue weighted by Crippen LogP contribution is -2.35. The van der Waals surface area contributed by atoms with Crippen molar-refractivity contribution in [3.8, 4) is 0 Å². The molecule has 7 nitrogen and oxygen atoms in total. The van der Waals surface area contributed by atoms with E-state index in [2.05, 4.69) is 15.4 Å². The van der Waals surface area contributed by atoms with Gasteiger partial charge in [0, 0.05) is 37.5 Å². The number of nitrogens with one attached hydrogen (secondary N) is 1. The molecule has 1 aromatic carbocycles. The molecule has 140 valence electrons. The zero-order valence-corrected chi connectivity index (χ0v) is 15.5. The first-order valence-electron chi connectivity index (χ1n) is 8.62. The van der Waals surface area contributed by atoms with Crippen LogP contribution < -0.4 is 11.0 Å². The van der Waals surface area contributed by atoms with Crippen molar-refractivity contribution in [1.29, 1.82) is 0 Å². The first kappa shape index (κ1) is 17.6. The summed E-state index contributed by atoms with van der Waals surface area (Å²) >= 11 is 1.37. The number of thiazole rings is 1. The topological polar surface area (TPSA) is 81.8 Å². The normalized spacial score (nSPS) is 16.1. The van der Waals surface area contributed by atoms with Crippen molar-refractivity contribution >= 4 is 22.4 Å². The second-order valence-electron chi connectivity index (χ2n) is 6.60. The molecule has 2 aromatic heterocycles. The van der Waals surface area contributed by atoms with Gasteiger partial charge < -0.3 is 5.32 Å². The highest BCUT2D eigenvalue weighted by Crippen LogP contribution is 2.24. The Hall–Kier alpha value is -2.81. The summed E-state index contributed by atoms with van der Waals surface area (Å²) in [6.45, 7) is 0.329. The van der Waals surface area contributed by atoms with Gasteiger partial charge >= 0.3 is 5.69 Å². The second kappa shape index (κ2) is 7.07. The third-order valence-electron chi connectivity index (χ3n) is 4.63. The van der Waals surface area contributed by atoms with Crippen LogP contribution in [0.5, 0.6) is 0 Å². The van der Waals surface area contributed by atoms with Gasteiger partial charge in [-0.25, -0.2) is 18.9 Å². The molecule has 27 heavy (non-hydrogen) atoms. The van der Waals surface area contributed by atoms with Crippen LogP contribution in [0.2, 0.25) is 0 Å². The van der Waals surface area contributed by atoms with E-state index in [1.165, 1.54) is 28.2 Å². The number of nitrogens with zero attached hydrogens (tertiary/aromatic N) is 4. The molecule has 1 aliphatic rings. The number of hydrogen-bond acceptors (Lipinski definition) is 5. The van der Waals surface area contributed by atoms with Crippen LogP contribution in [0.25, 0.3) is 0 Å². The number of benzene rings is 1. The molecule has 0 aliphatic carbocycles. The molecule has 0 spiro atoms. The number of anilines is 1. The summed E-state index contributed by atoms with van der Waals surface area (Å²) in [6.07, 6.45) is 3.49. The summed E-state index contributed by atoms with van der Waals surface area (Å²) in [4.78, 5) is 29.8. The van der Waals surface area contributed by atoms with Crippen molar-refractivity contribution in [2.24, 2.45) is 13.0 Å². The molecule has 1 unspecified atom stereocenters. The van der Waals surface area contributed by atoms with E-state index < -0.39 is 0 Å². The molecule has 0 bridgehead atoms. The SMILES string of the molecule is Cn1nc2n(c1=O)CC(C(=O)Nc1ncc(Cc3cccc(F)c3)s1)CC2. The average Bonchev–Trinajstić information content (AvgIpc) is 3.19. The molecule has 1 N–H and O–H groups in total. The minimum Gasteiger partial charge on any atom is -0.302 e. The number of aryl methyl sites for hydroxylation is 2. The maximum Gasteiger partial charge on any atom is 0.345 e. The van der Waals surface area contributed by atoms with Crippen LogP contribution in [0.3, 0.4) is 0 Å². The van der Waals surface area contributed by atoms with E-state index in [0.717, 1.165) is 16.3 Å². The summed E-state index contributed by atoms with van der Waals surface area (Å²) in [6, 6.07) is 6.42. The monoisotopic (exact) mass is 387 g/mol. The maximum atomic E-state index is 13.3. The molecular formula is C18H18FN5O2S. The Balaban J connectivity index is 1.41. The summed E-state index contributed by atoms with van der Waals surface area (Å²) in [5, 5.41) is 7.52. The van der Waals surface area contributed by atoms with Crippen LogP contribution in [0.15, 0.2) is 35.3 Å². The quantitative estimate of drug-likeness (QED) is 0.742. The van der Waals surface area contributed by atoms with Gasteiger partial charge in [0.15, 0.2) is 5.13 Å². The van der Waals surface area contributed by atoms with Crippen molar-refractivity contribution < 1.29 is 9.18 Å². The molecule has 1 atom stereocenters. The van der Waals surface area contributed by atoms with Crippen LogP contribution in [-0.4, -0.2) is 25.2 Å². The number of aromatic nitrogens is 4. The van der Waals surface area contributed by atoms with Gasteiger partial charge in [-0.05, 0) is 24.1 Å². The Morgan fingerprint density at radius 3 is 3.11 bits per heavy atom. The lowest BCUT2D eigenvalue weighted by molar-refractivity contribution is -0.120. The third-order valence-corrected chi connectivity index (χ3v) is 5.54. The molecule has 1 amide bonds. The van der Waals surface area contributed by atoms with Gasteiger partial charge in [0.2, 0.25) is 5.91 Å². The van der Waals surface area contributed by atoms with Crippen LogP contribution in [0, 0.1) is 11.7 Å². The fraction of sp³-hybridized carbons (Fsp3) is 0.333. The summed E-state index contributed by atoms with van der Waals surface area (Å²) in [5.74, 6) is 0.00376. The fourth-order valence-electron chi connectivity index (χ4n) is 3.26. The molecule has 1 aliphatic heterocycles. The lowest BCUT2D eigenvalue weighted by atomic mass is 9.99. The van der Waals surface area contributed by atoms with E-state index in [0.29, 0.717) is 30.9 Å². The van der Waals surface area contributed by atoms with Crippen LogP contribution in [0.4, 0.5) is 9.52 Å². The molecule has 9 heteroatoms. The van der Waals surface area contributed by atoms with Gasteiger partial charge in [0.25, 0.3) is 0 Å². The predicted molar refractivity (Wildman–Crippen MR) is 99.2 cm³/mol. The smallest absolute Gasteiger partial charge is 0.302 e. The fourth-order valence-corrected chi connectivity index (χ4v) is 4.10. The molecule has 3 aromatic rings. The number of carbonyl (C=O) groups is 1. The minimum atomic E-state index is -0.296. The Bertz CT molecular complexity index is 1050. The second-order valence-corrected chi connectivity index (χ2v) is 7.71. The Kier molecular flexibility index (Phi) is 4.61. The molecule has 0 saturated heterocycles. The zero-order valence-electron chi connectivity index (χ0n) is 14.7. The summed E-state index contributed by atoms with van der Waals surface area (Å²) in [5.41, 5.74) is 0.654. The highest BCUT2D eigenvalue weighted by Gasteiger charge is 2.28. The van der Waals surface area contributed by atoms with Gasteiger partial charge in [-0.2, -0.15) is 5.10 Å². The van der Waals surface area contributed by atoms with Crippen molar-refractivity contribution in [3.63, 3.8) is 0 Å². The van der Waals surface area contributed by atoms with Gasteiger partial charge in [-0.3, -0.25) is 9.36 Å². The summed E-state index contributed by atoms with van der Waals surface area (Å²) < 4.78 is 16.2. The van der Waals surface area contributed by atoms with Gasteiger partial charge in [0.05, 0.1) is 5.92 Å². The largest absolute Gasteiger partial charge is 0.345 e. The van der Waals surface area contributed by atoms with Gasteiger partial charge in [-0.15, -0.1) is 11.3 Å². The van der Waals surface area contributed by atoms with Crippen molar-refractivity contribution in [2.75, 3.05) is 5.32 Å². The number of halogens is 1. The highest BCUT2D eigenvalue weighted by molar-refractivity contribution is 7.15. The van der Waals surface area contributed by atoms with Crippen molar-refractivity contribution in [2.45, 2.75) is 25.8 Å². The van der Waals surface area contributed by atoms with E-state index in [4.69, 9.17) is 0 Å². The average molecular weight is 387 g/mol. The number of fused-ring (bicyclic) bond motifs is 1. The van der Waals surface area contributed by atoms with Gasteiger partial charge in [-0.1, -0.05) is 12.1 Å². The number of carbonyl (C=O) groups excluding carboxylic acids is 1. The van der Waals surface area contributed by atoms with Crippen molar-refractivity contribution in [3.05, 3.63) is 63.0 Å². The minimum absolute atomic E-state index is 0.150. The molecule has 4 rings (SSSR count). The van der Waals surface area contributed by atoms with E-state index >= 15 is 0 Å². The number of rotatable bonds is 4.